The van der Waals surface area contributed by atoms with Crippen molar-refractivity contribution in [1.29, 1.82) is 0 Å². The highest BCUT2D eigenvalue weighted by Crippen LogP contribution is 2.15. The lowest BCUT2D eigenvalue weighted by Crippen LogP contribution is -2.34. The third kappa shape index (κ3) is 5.89. The van der Waals surface area contributed by atoms with Gasteiger partial charge in [-0.05, 0) is 51.5 Å². The molecule has 118 valence electrons. The molecule has 5 nitrogen and oxygen atoms in total. The smallest absolute Gasteiger partial charge is 0.271 e. The van der Waals surface area contributed by atoms with E-state index in [-0.39, 0.29) is 17.6 Å². The Hall–Kier alpha value is -1.33. The largest absolute Gasteiger partial charge is 0.384 e. The van der Waals surface area contributed by atoms with Crippen molar-refractivity contribution in [3.63, 3.8) is 0 Å². The molecule has 0 aromatic carbocycles. The Morgan fingerprint density at radius 2 is 2.10 bits per heavy atom. The zero-order valence-electron chi connectivity index (χ0n) is 13.0. The average Bonchev–Trinajstić information content (AvgIpc) is 2.46. The zero-order chi connectivity index (χ0) is 15.8. The number of amides is 1. The standard InChI is InChI=1S/C15H25ClN4O/c1-4-20(5-2)10-6-7-11(3)18-15(21)14-12(16)8-9-13(17)19-14/h8-9,11H,4-7,10H2,1-3H3,(H2,17,19)(H,18,21). The van der Waals surface area contributed by atoms with Gasteiger partial charge in [-0.25, -0.2) is 4.98 Å². The Labute approximate surface area is 131 Å². The number of pyridine rings is 1. The van der Waals surface area contributed by atoms with Crippen molar-refractivity contribution >= 4 is 23.3 Å². The molecule has 0 fully saturated rings. The lowest BCUT2D eigenvalue weighted by molar-refractivity contribution is 0.0932. The van der Waals surface area contributed by atoms with Crippen molar-refractivity contribution in [2.45, 2.75) is 39.7 Å². The van der Waals surface area contributed by atoms with Crippen molar-refractivity contribution in [2.24, 2.45) is 0 Å². The predicted octanol–water partition coefficient (Wildman–Crippen LogP) is 2.56. The van der Waals surface area contributed by atoms with Crippen LogP contribution in [0.4, 0.5) is 5.82 Å². The molecular weight excluding hydrogens is 288 g/mol. The fourth-order valence-electron chi connectivity index (χ4n) is 2.14. The van der Waals surface area contributed by atoms with E-state index in [0.29, 0.717) is 10.8 Å². The number of nitrogens with one attached hydrogen (secondary N) is 1. The van der Waals surface area contributed by atoms with E-state index < -0.39 is 0 Å². The van der Waals surface area contributed by atoms with Gasteiger partial charge in [-0.1, -0.05) is 25.4 Å². The zero-order valence-corrected chi connectivity index (χ0v) is 13.8. The second-order valence-electron chi connectivity index (χ2n) is 5.11. The van der Waals surface area contributed by atoms with Gasteiger partial charge in [0.15, 0.2) is 0 Å². The van der Waals surface area contributed by atoms with Crippen LogP contribution in [0.2, 0.25) is 5.02 Å². The van der Waals surface area contributed by atoms with Crippen LogP contribution in [0.15, 0.2) is 12.1 Å². The van der Waals surface area contributed by atoms with Crippen molar-refractivity contribution in [3.05, 3.63) is 22.8 Å². The first-order valence-electron chi connectivity index (χ1n) is 7.43. The number of nitrogen functional groups attached to an aromatic ring is 1. The average molecular weight is 313 g/mol. The van der Waals surface area contributed by atoms with Crippen molar-refractivity contribution in [1.82, 2.24) is 15.2 Å². The summed E-state index contributed by atoms with van der Waals surface area (Å²) in [6.07, 6.45) is 1.96. The second-order valence-corrected chi connectivity index (χ2v) is 5.52. The molecule has 0 saturated heterocycles. The first kappa shape index (κ1) is 17.7. The number of hydrogen-bond donors (Lipinski definition) is 2. The normalized spacial score (nSPS) is 12.4. The fourth-order valence-corrected chi connectivity index (χ4v) is 2.33. The Balaban J connectivity index is 2.45. The number of nitrogens with zero attached hydrogens (tertiary/aromatic N) is 2. The van der Waals surface area contributed by atoms with Crippen LogP contribution < -0.4 is 11.1 Å². The number of carbonyl (C=O) groups excluding carboxylic acids is 1. The first-order valence-corrected chi connectivity index (χ1v) is 7.80. The molecule has 0 saturated carbocycles. The molecule has 1 amide bonds. The van der Waals surface area contributed by atoms with Crippen molar-refractivity contribution < 1.29 is 4.79 Å². The third-order valence-corrected chi connectivity index (χ3v) is 3.77. The van der Waals surface area contributed by atoms with E-state index in [4.69, 9.17) is 17.3 Å². The van der Waals surface area contributed by atoms with Crippen LogP contribution >= 0.6 is 11.6 Å². The van der Waals surface area contributed by atoms with Crippen LogP contribution in [-0.4, -0.2) is 41.5 Å². The maximum absolute atomic E-state index is 12.1. The summed E-state index contributed by atoms with van der Waals surface area (Å²) >= 11 is 5.97. The summed E-state index contributed by atoms with van der Waals surface area (Å²) in [5.41, 5.74) is 5.77. The van der Waals surface area contributed by atoms with Crippen LogP contribution in [0, 0.1) is 0 Å². The number of aromatic nitrogens is 1. The maximum Gasteiger partial charge on any atom is 0.271 e. The Bertz CT molecular complexity index is 463. The predicted molar refractivity (Wildman–Crippen MR) is 87.6 cm³/mol. The molecule has 1 aromatic heterocycles. The summed E-state index contributed by atoms with van der Waals surface area (Å²) in [7, 11) is 0. The Kier molecular flexibility index (Phi) is 7.47. The highest BCUT2D eigenvalue weighted by molar-refractivity contribution is 6.33. The van der Waals surface area contributed by atoms with Gasteiger partial charge in [0.25, 0.3) is 5.91 Å². The number of rotatable bonds is 8. The molecule has 6 heteroatoms. The number of anilines is 1. The lowest BCUT2D eigenvalue weighted by atomic mass is 10.1. The fraction of sp³-hybridized carbons (Fsp3) is 0.600. The van der Waals surface area contributed by atoms with E-state index in [1.165, 1.54) is 0 Å². The molecule has 0 bridgehead atoms. The minimum atomic E-state index is -0.275. The van der Waals surface area contributed by atoms with Crippen LogP contribution in [0.25, 0.3) is 0 Å². The summed E-state index contributed by atoms with van der Waals surface area (Å²) in [5.74, 6) is 0.0152. The summed E-state index contributed by atoms with van der Waals surface area (Å²) in [6, 6.07) is 3.24. The molecule has 1 aromatic rings. The summed E-state index contributed by atoms with van der Waals surface area (Å²) in [5, 5.41) is 3.23. The molecule has 21 heavy (non-hydrogen) atoms. The van der Waals surface area contributed by atoms with Gasteiger partial charge in [0, 0.05) is 6.04 Å². The van der Waals surface area contributed by atoms with E-state index in [1.807, 2.05) is 6.92 Å². The summed E-state index contributed by atoms with van der Waals surface area (Å²) < 4.78 is 0. The minimum absolute atomic E-state index is 0.0763. The Morgan fingerprint density at radius 3 is 2.71 bits per heavy atom. The topological polar surface area (TPSA) is 71.2 Å². The lowest BCUT2D eigenvalue weighted by Gasteiger charge is -2.19. The van der Waals surface area contributed by atoms with E-state index in [0.717, 1.165) is 32.5 Å². The van der Waals surface area contributed by atoms with E-state index >= 15 is 0 Å². The minimum Gasteiger partial charge on any atom is -0.384 e. The molecule has 1 rings (SSSR count). The quantitative estimate of drug-likeness (QED) is 0.774. The molecule has 1 heterocycles. The van der Waals surface area contributed by atoms with Crippen LogP contribution in [0.5, 0.6) is 0 Å². The number of nitrogens with two attached hydrogens (primary N) is 1. The molecule has 0 spiro atoms. The van der Waals surface area contributed by atoms with Crippen LogP contribution in [0.3, 0.4) is 0 Å². The van der Waals surface area contributed by atoms with Gasteiger partial charge in [0.05, 0.1) is 5.02 Å². The van der Waals surface area contributed by atoms with Crippen LogP contribution in [0.1, 0.15) is 44.1 Å². The molecule has 0 aliphatic carbocycles. The van der Waals surface area contributed by atoms with E-state index in [1.54, 1.807) is 12.1 Å². The molecule has 0 aliphatic heterocycles. The van der Waals surface area contributed by atoms with Gasteiger partial charge in [-0.15, -0.1) is 0 Å². The molecule has 0 radical (unpaired) electrons. The summed E-state index contributed by atoms with van der Waals surface area (Å²) in [6.45, 7) is 9.45. The van der Waals surface area contributed by atoms with Gasteiger partial charge < -0.3 is 16.0 Å². The maximum atomic E-state index is 12.1. The van der Waals surface area contributed by atoms with Crippen molar-refractivity contribution in [2.75, 3.05) is 25.4 Å². The first-order chi connectivity index (χ1) is 9.97. The monoisotopic (exact) mass is 312 g/mol. The molecule has 1 atom stereocenters. The van der Waals surface area contributed by atoms with Crippen molar-refractivity contribution in [3.8, 4) is 0 Å². The Morgan fingerprint density at radius 1 is 1.43 bits per heavy atom. The SMILES string of the molecule is CCN(CC)CCCC(C)NC(=O)c1nc(N)ccc1Cl. The molecule has 0 aliphatic rings. The number of hydrogen-bond acceptors (Lipinski definition) is 4. The highest BCUT2D eigenvalue weighted by Gasteiger charge is 2.15. The van der Waals surface area contributed by atoms with Gasteiger partial charge >= 0.3 is 0 Å². The van der Waals surface area contributed by atoms with Gasteiger partial charge in [-0.3, -0.25) is 4.79 Å². The number of carbonyl (C=O) groups is 1. The van der Waals surface area contributed by atoms with E-state index in [9.17, 15) is 4.79 Å². The number of halogens is 1. The second kappa shape index (κ2) is 8.85. The summed E-state index contributed by atoms with van der Waals surface area (Å²) in [4.78, 5) is 18.5. The van der Waals surface area contributed by atoms with Crippen LogP contribution in [-0.2, 0) is 0 Å². The molecule has 1 unspecified atom stereocenters. The van der Waals surface area contributed by atoms with Gasteiger partial charge in [0.2, 0.25) is 0 Å². The van der Waals surface area contributed by atoms with Gasteiger partial charge in [0.1, 0.15) is 11.5 Å². The van der Waals surface area contributed by atoms with E-state index in [2.05, 4.69) is 29.0 Å². The molecule has 3 N–H and O–H groups in total. The highest BCUT2D eigenvalue weighted by atomic mass is 35.5. The third-order valence-electron chi connectivity index (χ3n) is 3.47. The van der Waals surface area contributed by atoms with Gasteiger partial charge in [-0.2, -0.15) is 0 Å². The molecular formula is C15H25ClN4O.